The summed E-state index contributed by atoms with van der Waals surface area (Å²) in [6.45, 7) is 0.123. The summed E-state index contributed by atoms with van der Waals surface area (Å²) in [4.78, 5) is 26.4. The average Bonchev–Trinajstić information content (AvgIpc) is 2.61. The molecule has 0 saturated carbocycles. The molecule has 0 bridgehead atoms. The number of nitrogens with one attached hydrogen (secondary N) is 1. The first-order valence-electron chi connectivity index (χ1n) is 7.14. The van der Waals surface area contributed by atoms with Gasteiger partial charge >= 0.3 is 6.09 Å². The molecule has 7 nitrogen and oxygen atoms in total. The number of rotatable bonds is 4. The maximum Gasteiger partial charge on any atom is 0.413 e. The number of nitro groups is 1. The monoisotopic (exact) mass is 323 g/mol. The number of pyridine rings is 1. The van der Waals surface area contributed by atoms with E-state index < -0.39 is 11.0 Å². The Hall–Kier alpha value is -3.48. The molecule has 0 atom stereocenters. The zero-order chi connectivity index (χ0) is 16.9. The van der Waals surface area contributed by atoms with E-state index in [1.54, 1.807) is 12.1 Å². The summed E-state index contributed by atoms with van der Waals surface area (Å²) >= 11 is 0. The fourth-order valence-corrected chi connectivity index (χ4v) is 2.23. The lowest BCUT2D eigenvalue weighted by atomic mass is 10.1. The highest BCUT2D eigenvalue weighted by Crippen LogP contribution is 2.25. The molecule has 1 N–H and O–H groups in total. The number of hydrogen-bond acceptors (Lipinski definition) is 5. The largest absolute Gasteiger partial charge is 0.444 e. The molecule has 0 unspecified atom stereocenters. The summed E-state index contributed by atoms with van der Waals surface area (Å²) in [5, 5.41) is 14.6. The standard InChI is InChI=1S/C17H13N3O4/c21-17(24-11-12-4-2-1-3-5-12)19-16-15-10-14(20(22)23)7-6-13(15)8-9-18-16/h1-10H,11H2,(H,18,19,21). The van der Waals surface area contributed by atoms with Gasteiger partial charge in [0.25, 0.3) is 5.69 Å². The Bertz CT molecular complexity index is 897. The van der Waals surface area contributed by atoms with E-state index in [0.29, 0.717) is 5.39 Å². The molecular weight excluding hydrogens is 310 g/mol. The highest BCUT2D eigenvalue weighted by atomic mass is 16.6. The molecule has 3 aromatic rings. The number of ether oxygens (including phenoxy) is 1. The Morgan fingerprint density at radius 2 is 1.96 bits per heavy atom. The number of fused-ring (bicyclic) bond motifs is 1. The summed E-state index contributed by atoms with van der Waals surface area (Å²) in [7, 11) is 0. The molecule has 0 aliphatic rings. The molecular formula is C17H13N3O4. The Balaban J connectivity index is 1.77. The van der Waals surface area contributed by atoms with E-state index in [0.717, 1.165) is 10.9 Å². The van der Waals surface area contributed by atoms with Gasteiger partial charge in [-0.15, -0.1) is 0 Å². The van der Waals surface area contributed by atoms with E-state index in [1.807, 2.05) is 30.3 Å². The zero-order valence-corrected chi connectivity index (χ0v) is 12.5. The van der Waals surface area contributed by atoms with Crippen LogP contribution in [0.5, 0.6) is 0 Å². The number of aromatic nitrogens is 1. The number of benzene rings is 2. The first-order chi connectivity index (χ1) is 11.6. The van der Waals surface area contributed by atoms with Crippen LogP contribution in [0.25, 0.3) is 10.8 Å². The lowest BCUT2D eigenvalue weighted by Crippen LogP contribution is -2.14. The predicted molar refractivity (Wildman–Crippen MR) is 88.6 cm³/mol. The number of nitrogens with zero attached hydrogens (tertiary/aromatic N) is 2. The molecule has 0 aliphatic heterocycles. The Kier molecular flexibility index (Phi) is 4.33. The molecule has 1 heterocycles. The Morgan fingerprint density at radius 3 is 2.71 bits per heavy atom. The van der Waals surface area contributed by atoms with Gasteiger partial charge in [0.15, 0.2) is 0 Å². The second kappa shape index (κ2) is 6.74. The molecule has 3 rings (SSSR count). The summed E-state index contributed by atoms with van der Waals surface area (Å²) in [5.74, 6) is 0.217. The molecule has 1 aromatic heterocycles. The van der Waals surface area contributed by atoms with Crippen LogP contribution in [-0.2, 0) is 11.3 Å². The van der Waals surface area contributed by atoms with Gasteiger partial charge < -0.3 is 4.74 Å². The van der Waals surface area contributed by atoms with Crippen molar-refractivity contribution in [3.05, 3.63) is 76.5 Å². The molecule has 2 aromatic carbocycles. The van der Waals surface area contributed by atoms with Crippen molar-refractivity contribution in [3.8, 4) is 0 Å². The number of amides is 1. The van der Waals surface area contributed by atoms with Crippen molar-refractivity contribution in [1.29, 1.82) is 0 Å². The molecule has 24 heavy (non-hydrogen) atoms. The van der Waals surface area contributed by atoms with Crippen molar-refractivity contribution in [2.75, 3.05) is 5.32 Å². The van der Waals surface area contributed by atoms with Crippen LogP contribution < -0.4 is 5.32 Å². The van der Waals surface area contributed by atoms with Crippen molar-refractivity contribution in [2.45, 2.75) is 6.61 Å². The van der Waals surface area contributed by atoms with Crippen LogP contribution >= 0.6 is 0 Å². The van der Waals surface area contributed by atoms with Crippen molar-refractivity contribution < 1.29 is 14.5 Å². The lowest BCUT2D eigenvalue weighted by molar-refractivity contribution is -0.384. The number of anilines is 1. The predicted octanol–water partition coefficient (Wildman–Crippen LogP) is 3.89. The summed E-state index contributed by atoms with van der Waals surface area (Å²) < 4.78 is 5.13. The van der Waals surface area contributed by atoms with Gasteiger partial charge in [0.2, 0.25) is 0 Å². The lowest BCUT2D eigenvalue weighted by Gasteiger charge is -2.08. The SMILES string of the molecule is O=C(Nc1nccc2ccc([N+](=O)[O-])cc12)OCc1ccccc1. The fourth-order valence-electron chi connectivity index (χ4n) is 2.23. The fraction of sp³-hybridized carbons (Fsp3) is 0.0588. The minimum atomic E-state index is -0.676. The van der Waals surface area contributed by atoms with Crippen LogP contribution in [0.1, 0.15) is 5.56 Å². The first-order valence-corrected chi connectivity index (χ1v) is 7.14. The van der Waals surface area contributed by atoms with Gasteiger partial charge in [-0.05, 0) is 23.1 Å². The van der Waals surface area contributed by atoms with E-state index in [9.17, 15) is 14.9 Å². The first kappa shape index (κ1) is 15.4. The van der Waals surface area contributed by atoms with E-state index >= 15 is 0 Å². The van der Waals surface area contributed by atoms with E-state index in [4.69, 9.17) is 4.74 Å². The minimum absolute atomic E-state index is 0.0730. The van der Waals surface area contributed by atoms with Crippen LogP contribution in [-0.4, -0.2) is 16.0 Å². The molecule has 0 fully saturated rings. The van der Waals surface area contributed by atoms with Gasteiger partial charge in [-0.2, -0.15) is 0 Å². The van der Waals surface area contributed by atoms with Gasteiger partial charge in [0.1, 0.15) is 12.4 Å². The van der Waals surface area contributed by atoms with Crippen LogP contribution in [0.15, 0.2) is 60.8 Å². The highest BCUT2D eigenvalue weighted by molar-refractivity contribution is 5.99. The molecule has 0 aliphatic carbocycles. The van der Waals surface area contributed by atoms with Gasteiger partial charge in [0, 0.05) is 23.7 Å². The maximum atomic E-state index is 11.9. The third-order valence-corrected chi connectivity index (χ3v) is 3.39. The Morgan fingerprint density at radius 1 is 1.17 bits per heavy atom. The average molecular weight is 323 g/mol. The molecule has 120 valence electrons. The van der Waals surface area contributed by atoms with Crippen molar-refractivity contribution >= 4 is 28.4 Å². The van der Waals surface area contributed by atoms with Gasteiger partial charge in [0.05, 0.1) is 4.92 Å². The number of carbonyl (C=O) groups is 1. The zero-order valence-electron chi connectivity index (χ0n) is 12.5. The topological polar surface area (TPSA) is 94.4 Å². The van der Waals surface area contributed by atoms with E-state index in [-0.39, 0.29) is 18.1 Å². The van der Waals surface area contributed by atoms with Crippen molar-refractivity contribution in [2.24, 2.45) is 0 Å². The van der Waals surface area contributed by atoms with Gasteiger partial charge in [-0.3, -0.25) is 15.4 Å². The maximum absolute atomic E-state index is 11.9. The molecule has 0 saturated heterocycles. The molecule has 0 spiro atoms. The Labute approximate surface area is 137 Å². The van der Waals surface area contributed by atoms with Gasteiger partial charge in [-0.25, -0.2) is 9.78 Å². The second-order valence-electron chi connectivity index (χ2n) is 5.01. The molecule has 7 heteroatoms. The number of carbonyl (C=O) groups excluding carboxylic acids is 1. The normalized spacial score (nSPS) is 10.3. The van der Waals surface area contributed by atoms with Gasteiger partial charge in [-0.1, -0.05) is 30.3 Å². The van der Waals surface area contributed by atoms with Crippen LogP contribution in [0.4, 0.5) is 16.3 Å². The second-order valence-corrected chi connectivity index (χ2v) is 5.01. The quantitative estimate of drug-likeness (QED) is 0.580. The summed E-state index contributed by atoms with van der Waals surface area (Å²) in [6.07, 6.45) is 0.839. The molecule has 1 amide bonds. The highest BCUT2D eigenvalue weighted by Gasteiger charge is 2.12. The minimum Gasteiger partial charge on any atom is -0.444 e. The van der Waals surface area contributed by atoms with Crippen LogP contribution in [0.2, 0.25) is 0 Å². The third-order valence-electron chi connectivity index (χ3n) is 3.39. The number of nitro benzene ring substituents is 1. The summed E-state index contributed by atoms with van der Waals surface area (Å²) in [5.41, 5.74) is 0.783. The van der Waals surface area contributed by atoms with E-state index in [1.165, 1.54) is 18.3 Å². The number of hydrogen-bond donors (Lipinski definition) is 1. The number of non-ortho nitro benzene ring substituents is 1. The molecule has 0 radical (unpaired) electrons. The summed E-state index contributed by atoms with van der Waals surface area (Å²) in [6, 6.07) is 15.3. The smallest absolute Gasteiger partial charge is 0.413 e. The van der Waals surface area contributed by atoms with E-state index in [2.05, 4.69) is 10.3 Å². The van der Waals surface area contributed by atoms with Crippen LogP contribution in [0.3, 0.4) is 0 Å². The van der Waals surface area contributed by atoms with Crippen molar-refractivity contribution in [3.63, 3.8) is 0 Å². The third kappa shape index (κ3) is 3.46. The van der Waals surface area contributed by atoms with Crippen LogP contribution in [0, 0.1) is 10.1 Å². The van der Waals surface area contributed by atoms with Crippen molar-refractivity contribution in [1.82, 2.24) is 4.98 Å².